The first-order chi connectivity index (χ1) is 24.2. The van der Waals surface area contributed by atoms with Crippen molar-refractivity contribution in [3.8, 4) is 23.0 Å². The summed E-state index contributed by atoms with van der Waals surface area (Å²) in [7, 11) is 1.55. The Labute approximate surface area is 299 Å². The number of rotatable bonds is 11. The smallest absolute Gasteiger partial charge is 0.266 e. The molecular weight excluding hydrogens is 681 g/mol. The molecule has 9 nitrogen and oxygen atoms in total. The Balaban J connectivity index is 1.12. The number of thioether (sulfide) groups is 1. The molecule has 13 heteroatoms. The predicted octanol–water partition coefficient (Wildman–Crippen LogP) is 8.11. The molecule has 1 unspecified atom stereocenters. The van der Waals surface area contributed by atoms with Crippen molar-refractivity contribution in [3.63, 3.8) is 0 Å². The van der Waals surface area contributed by atoms with Gasteiger partial charge in [0.05, 0.1) is 19.2 Å². The lowest BCUT2D eigenvalue weighted by Crippen LogP contribution is -2.49. The van der Waals surface area contributed by atoms with Crippen LogP contribution < -0.4 is 25.0 Å². The number of hydrogen-bond acceptors (Lipinski definition) is 8. The molecule has 1 aromatic heterocycles. The van der Waals surface area contributed by atoms with Gasteiger partial charge in [0.2, 0.25) is 0 Å². The topological polar surface area (TPSA) is 88.2 Å². The number of anilines is 1. The maximum atomic E-state index is 15.4. The third-order valence-corrected chi connectivity index (χ3v) is 9.92. The molecule has 2 aliphatic heterocycles. The van der Waals surface area contributed by atoms with Gasteiger partial charge in [-0.3, -0.25) is 15.2 Å². The van der Waals surface area contributed by atoms with Crippen molar-refractivity contribution in [1.82, 2.24) is 20.3 Å². The van der Waals surface area contributed by atoms with Crippen molar-refractivity contribution in [3.05, 3.63) is 95.0 Å². The highest BCUT2D eigenvalue weighted by atomic mass is 32.2. The van der Waals surface area contributed by atoms with Gasteiger partial charge in [-0.15, -0.1) is 11.8 Å². The molecule has 1 atom stereocenters. The summed E-state index contributed by atoms with van der Waals surface area (Å²) >= 11 is 6.75. The maximum Gasteiger partial charge on any atom is 0.266 e. The van der Waals surface area contributed by atoms with Gasteiger partial charge >= 0.3 is 0 Å². The number of carbonyl (C=O) groups excluding carboxylic acids is 1. The van der Waals surface area contributed by atoms with E-state index in [1.807, 2.05) is 31.2 Å². The Kier molecular flexibility index (Phi) is 11.4. The number of amides is 1. The number of hydrazine groups is 1. The van der Waals surface area contributed by atoms with Gasteiger partial charge < -0.3 is 24.4 Å². The summed E-state index contributed by atoms with van der Waals surface area (Å²) in [6.45, 7) is 8.03. The van der Waals surface area contributed by atoms with E-state index in [0.29, 0.717) is 34.8 Å². The number of pyridine rings is 1. The minimum Gasteiger partial charge on any atom is -0.493 e. The molecule has 6 rings (SSSR count). The summed E-state index contributed by atoms with van der Waals surface area (Å²) in [5.74, 6) is -0.145. The van der Waals surface area contributed by atoms with Crippen LogP contribution in [0, 0.1) is 24.5 Å². The van der Waals surface area contributed by atoms with Crippen LogP contribution in [0.15, 0.2) is 72.3 Å². The molecule has 0 spiro atoms. The molecule has 2 N–H and O–H groups in total. The van der Waals surface area contributed by atoms with Crippen molar-refractivity contribution >= 4 is 51.6 Å². The number of nitrogens with one attached hydrogen (secondary N) is 2. The van der Waals surface area contributed by atoms with Gasteiger partial charge in [0.15, 0.2) is 28.2 Å². The highest BCUT2D eigenvalue weighted by molar-refractivity contribution is 8.02. The number of nitrogens with zero attached hydrogens (tertiary/aromatic N) is 3. The molecule has 0 saturated carbocycles. The fraction of sp³-hybridized carbons (Fsp3) is 0.324. The van der Waals surface area contributed by atoms with Gasteiger partial charge in [-0.2, -0.15) is 0 Å². The summed E-state index contributed by atoms with van der Waals surface area (Å²) in [6.07, 6.45) is 6.29. The van der Waals surface area contributed by atoms with E-state index in [9.17, 15) is 4.79 Å². The zero-order chi connectivity index (χ0) is 35.2. The Bertz CT molecular complexity index is 1860. The van der Waals surface area contributed by atoms with Crippen LogP contribution >= 0.6 is 24.0 Å². The lowest BCUT2D eigenvalue weighted by molar-refractivity contribution is -0.128. The first-order valence-corrected chi connectivity index (χ1v) is 17.8. The minimum absolute atomic E-state index is 0.0736. The molecule has 2 aliphatic rings. The minimum atomic E-state index is -0.941. The number of methoxy groups -OCH3 is 1. The highest BCUT2D eigenvalue weighted by Crippen LogP contribution is 2.39. The third kappa shape index (κ3) is 8.45. The molecule has 4 aromatic rings. The number of likely N-dealkylation sites (tertiary alicyclic amines) is 1. The largest absolute Gasteiger partial charge is 0.493 e. The van der Waals surface area contributed by atoms with Crippen LogP contribution in [0.1, 0.15) is 42.7 Å². The number of fused-ring (bicyclic) bond motifs is 1. The van der Waals surface area contributed by atoms with E-state index in [1.54, 1.807) is 36.9 Å². The zero-order valence-electron chi connectivity index (χ0n) is 28.1. The van der Waals surface area contributed by atoms with Crippen LogP contribution in [0.5, 0.6) is 23.0 Å². The Hall–Kier alpha value is -4.46. The van der Waals surface area contributed by atoms with Gasteiger partial charge in [0.1, 0.15) is 22.6 Å². The van der Waals surface area contributed by atoms with E-state index in [1.165, 1.54) is 35.7 Å². The molecule has 3 heterocycles. The van der Waals surface area contributed by atoms with E-state index >= 15 is 8.78 Å². The van der Waals surface area contributed by atoms with Crippen LogP contribution in [0.3, 0.4) is 0 Å². The molecule has 1 fully saturated rings. The molecule has 262 valence electrons. The quantitative estimate of drug-likeness (QED) is 0.117. The van der Waals surface area contributed by atoms with Crippen molar-refractivity contribution in [2.24, 2.45) is 5.92 Å². The molecule has 3 aromatic carbocycles. The van der Waals surface area contributed by atoms with Crippen molar-refractivity contribution in [1.29, 1.82) is 0 Å². The van der Waals surface area contributed by atoms with Crippen LogP contribution in [0.4, 0.5) is 14.5 Å². The summed E-state index contributed by atoms with van der Waals surface area (Å²) < 4.78 is 48.4. The molecule has 0 aliphatic carbocycles. The van der Waals surface area contributed by atoms with Crippen LogP contribution in [-0.2, 0) is 4.79 Å². The van der Waals surface area contributed by atoms with Gasteiger partial charge in [0.25, 0.3) is 5.91 Å². The summed E-state index contributed by atoms with van der Waals surface area (Å²) in [4.78, 5) is 19.7. The summed E-state index contributed by atoms with van der Waals surface area (Å²) in [5, 5.41) is 5.54. The van der Waals surface area contributed by atoms with Gasteiger partial charge in [-0.1, -0.05) is 36.8 Å². The second-order valence-corrected chi connectivity index (χ2v) is 13.8. The maximum absolute atomic E-state index is 15.4. The predicted molar refractivity (Wildman–Crippen MR) is 197 cm³/mol. The average Bonchev–Trinajstić information content (AvgIpc) is 3.10. The number of ether oxygens (including phenoxy) is 3. The first-order valence-electron chi connectivity index (χ1n) is 16.5. The molecule has 0 bridgehead atoms. The summed E-state index contributed by atoms with van der Waals surface area (Å²) in [6, 6.07) is 14.9. The second-order valence-electron chi connectivity index (χ2n) is 12.4. The number of aryl methyl sites for hydroxylation is 1. The van der Waals surface area contributed by atoms with Crippen molar-refractivity contribution in [2.45, 2.75) is 38.5 Å². The second kappa shape index (κ2) is 16.0. The van der Waals surface area contributed by atoms with Crippen molar-refractivity contribution in [2.75, 3.05) is 38.7 Å². The number of hydrogen-bond donors (Lipinski definition) is 2. The molecular formula is C37H39F2N5O4S2. The first kappa shape index (κ1) is 35.4. The van der Waals surface area contributed by atoms with E-state index in [0.717, 1.165) is 55.2 Å². The van der Waals surface area contributed by atoms with Crippen molar-refractivity contribution < 1.29 is 27.8 Å². The van der Waals surface area contributed by atoms with E-state index in [-0.39, 0.29) is 16.8 Å². The number of carbonyl (C=O) groups is 1. The van der Waals surface area contributed by atoms with Gasteiger partial charge in [-0.25, -0.2) is 13.8 Å². The van der Waals surface area contributed by atoms with E-state index in [2.05, 4.69) is 27.6 Å². The SMILES string of the molecule is COc1cc2c(Oc3cc(F)c(NC(=S)NN4C(=O)C=CSC4c4ccc(C)cc4)c(F)c3)ccnc2cc1OCCCN1CCC(C)CC1. The number of aromatic nitrogens is 1. The Morgan fingerprint density at radius 3 is 2.50 bits per heavy atom. The molecule has 50 heavy (non-hydrogen) atoms. The lowest BCUT2D eigenvalue weighted by atomic mass is 9.99. The number of halogens is 2. The van der Waals surface area contributed by atoms with Crippen LogP contribution in [0.2, 0.25) is 0 Å². The molecule has 1 saturated heterocycles. The molecule has 1 amide bonds. The average molecular weight is 720 g/mol. The standard InChI is InChI=1S/C37H39F2N5O4S2/c1-23-5-7-25(8-6-23)36-44(34(45)12-18-50-36)42-37(49)41-35-28(38)19-26(20-29(35)39)48-31-9-13-40-30-22-33(32(46-3)21-27(30)31)47-17-4-14-43-15-10-24(2)11-16-43/h5-9,12-13,18-22,24,36H,4,10-11,14-17H2,1-3H3,(H2,41,42,49). The number of benzene rings is 3. The van der Waals surface area contributed by atoms with Gasteiger partial charge in [0, 0.05) is 42.4 Å². The van der Waals surface area contributed by atoms with Crippen LogP contribution in [-0.4, -0.2) is 59.3 Å². The highest BCUT2D eigenvalue weighted by Gasteiger charge is 2.28. The van der Waals surface area contributed by atoms with Gasteiger partial charge in [-0.05, 0) is 80.5 Å². The molecule has 0 radical (unpaired) electrons. The van der Waals surface area contributed by atoms with Crippen LogP contribution in [0.25, 0.3) is 10.9 Å². The van der Waals surface area contributed by atoms with E-state index in [4.69, 9.17) is 26.4 Å². The third-order valence-electron chi connectivity index (χ3n) is 8.70. The Morgan fingerprint density at radius 2 is 1.78 bits per heavy atom. The number of thiocarbonyl (C=S) groups is 1. The zero-order valence-corrected chi connectivity index (χ0v) is 29.7. The normalized spacial score (nSPS) is 16.8. The number of piperidine rings is 1. The summed E-state index contributed by atoms with van der Waals surface area (Å²) in [5.41, 5.74) is 4.80. The Morgan fingerprint density at radius 1 is 1.04 bits per heavy atom. The fourth-order valence-corrected chi connectivity index (χ4v) is 6.99. The fourth-order valence-electron chi connectivity index (χ4n) is 5.85. The lowest BCUT2D eigenvalue weighted by Gasteiger charge is -2.33. The van der Waals surface area contributed by atoms with E-state index < -0.39 is 22.7 Å². The monoisotopic (exact) mass is 719 g/mol.